The molecule has 0 atom stereocenters. The summed E-state index contributed by atoms with van der Waals surface area (Å²) >= 11 is 5.99. The zero-order valence-electron chi connectivity index (χ0n) is 11.5. The fourth-order valence-corrected chi connectivity index (χ4v) is 2.53. The third-order valence-corrected chi connectivity index (χ3v) is 3.61. The Hall–Kier alpha value is -2.34. The number of pyridine rings is 2. The van der Waals surface area contributed by atoms with Crippen molar-refractivity contribution in [2.24, 2.45) is 0 Å². The molecule has 2 aromatic rings. The maximum Gasteiger partial charge on any atom is 0.262 e. The van der Waals surface area contributed by atoms with Gasteiger partial charge in [-0.3, -0.25) is 4.79 Å². The van der Waals surface area contributed by atoms with Crippen molar-refractivity contribution in [2.75, 3.05) is 23.4 Å². The van der Waals surface area contributed by atoms with Gasteiger partial charge in [-0.1, -0.05) is 11.6 Å². The monoisotopic (exact) mass is 304 g/mol. The number of halogens is 1. The Morgan fingerprint density at radius 2 is 2.10 bits per heavy atom. The van der Waals surface area contributed by atoms with Crippen LogP contribution in [0.25, 0.3) is 0 Å². The molecule has 0 bridgehead atoms. The second-order valence-corrected chi connectivity index (χ2v) is 5.04. The Labute approximate surface area is 126 Å². The molecule has 1 amide bonds. The molecular weight excluding hydrogens is 292 g/mol. The highest BCUT2D eigenvalue weighted by Crippen LogP contribution is 2.38. The van der Waals surface area contributed by atoms with E-state index in [1.807, 2.05) is 6.92 Å². The van der Waals surface area contributed by atoms with Crippen molar-refractivity contribution >= 4 is 34.8 Å². The zero-order chi connectivity index (χ0) is 15.1. The number of fused-ring (bicyclic) bond motifs is 2. The molecule has 0 unspecified atom stereocenters. The van der Waals surface area contributed by atoms with Crippen LogP contribution >= 0.6 is 11.6 Å². The van der Waals surface area contributed by atoms with Crippen LogP contribution in [0.5, 0.6) is 5.75 Å². The van der Waals surface area contributed by atoms with Crippen LogP contribution < -0.4 is 9.80 Å². The third kappa shape index (κ3) is 2.08. The van der Waals surface area contributed by atoms with Gasteiger partial charge in [0.15, 0.2) is 5.82 Å². The van der Waals surface area contributed by atoms with Crippen LogP contribution in [0.15, 0.2) is 24.4 Å². The van der Waals surface area contributed by atoms with Crippen molar-refractivity contribution in [3.05, 3.63) is 35.1 Å². The maximum atomic E-state index is 12.6. The Bertz CT molecular complexity index is 735. The van der Waals surface area contributed by atoms with Crippen LogP contribution in [0.3, 0.4) is 0 Å². The van der Waals surface area contributed by atoms with Gasteiger partial charge in [0.1, 0.15) is 16.7 Å². The van der Waals surface area contributed by atoms with Crippen LogP contribution in [0.1, 0.15) is 17.3 Å². The minimum atomic E-state index is -0.255. The first kappa shape index (κ1) is 13.6. The van der Waals surface area contributed by atoms with Gasteiger partial charge in [-0.2, -0.15) is 0 Å². The molecule has 7 heteroatoms. The summed E-state index contributed by atoms with van der Waals surface area (Å²) in [6, 6.07) is 4.80. The molecule has 2 aromatic heterocycles. The molecule has 6 nitrogen and oxygen atoms in total. The van der Waals surface area contributed by atoms with E-state index in [4.69, 9.17) is 11.6 Å². The summed E-state index contributed by atoms with van der Waals surface area (Å²) in [5, 5.41) is 9.96. The lowest BCUT2D eigenvalue weighted by Crippen LogP contribution is -2.25. The molecule has 0 radical (unpaired) electrons. The average molecular weight is 305 g/mol. The van der Waals surface area contributed by atoms with E-state index < -0.39 is 0 Å². The Balaban J connectivity index is 2.32. The first-order valence-electron chi connectivity index (χ1n) is 6.44. The predicted molar refractivity (Wildman–Crippen MR) is 80.6 cm³/mol. The molecule has 1 aliphatic heterocycles. The highest BCUT2D eigenvalue weighted by molar-refractivity contribution is 6.29. The standard InChI is InChI=1S/C14H13ClN4O2/c1-3-19-12-9(6-8(20)7-16-12)14(21)18(2)10-4-5-11(15)17-13(10)19/h4-7,20H,3H2,1-2H3. The van der Waals surface area contributed by atoms with Crippen LogP contribution in [0.4, 0.5) is 17.3 Å². The molecule has 21 heavy (non-hydrogen) atoms. The van der Waals surface area contributed by atoms with Gasteiger partial charge >= 0.3 is 0 Å². The van der Waals surface area contributed by atoms with Crippen LogP contribution in [0.2, 0.25) is 5.15 Å². The van der Waals surface area contributed by atoms with E-state index in [1.54, 1.807) is 24.1 Å². The van der Waals surface area contributed by atoms with Gasteiger partial charge in [0, 0.05) is 13.6 Å². The summed E-state index contributed by atoms with van der Waals surface area (Å²) in [5.41, 5.74) is 0.970. The molecular formula is C14H13ClN4O2. The number of aromatic hydroxyl groups is 1. The topological polar surface area (TPSA) is 69.6 Å². The van der Waals surface area contributed by atoms with Gasteiger partial charge in [0.05, 0.1) is 17.4 Å². The Morgan fingerprint density at radius 3 is 2.81 bits per heavy atom. The van der Waals surface area contributed by atoms with Crippen molar-refractivity contribution in [1.29, 1.82) is 0 Å². The molecule has 0 spiro atoms. The molecule has 1 N–H and O–H groups in total. The fourth-order valence-electron chi connectivity index (χ4n) is 2.39. The summed E-state index contributed by atoms with van der Waals surface area (Å²) in [4.78, 5) is 24.4. The summed E-state index contributed by atoms with van der Waals surface area (Å²) in [6.07, 6.45) is 1.31. The van der Waals surface area contributed by atoms with Crippen molar-refractivity contribution < 1.29 is 9.90 Å². The molecule has 0 fully saturated rings. The molecule has 0 saturated heterocycles. The van der Waals surface area contributed by atoms with E-state index in [1.165, 1.54) is 17.2 Å². The van der Waals surface area contributed by atoms with E-state index in [9.17, 15) is 9.90 Å². The molecule has 0 saturated carbocycles. The van der Waals surface area contributed by atoms with Crippen molar-refractivity contribution in [1.82, 2.24) is 9.97 Å². The van der Waals surface area contributed by atoms with Crippen molar-refractivity contribution in [3.63, 3.8) is 0 Å². The van der Waals surface area contributed by atoms with Crippen molar-refractivity contribution in [2.45, 2.75) is 6.92 Å². The quantitative estimate of drug-likeness (QED) is 0.820. The van der Waals surface area contributed by atoms with Gasteiger partial charge in [-0.15, -0.1) is 0 Å². The zero-order valence-corrected chi connectivity index (χ0v) is 12.3. The molecule has 3 heterocycles. The average Bonchev–Trinajstić information content (AvgIpc) is 2.55. The first-order valence-corrected chi connectivity index (χ1v) is 6.82. The van der Waals surface area contributed by atoms with E-state index in [0.29, 0.717) is 34.6 Å². The molecule has 0 aromatic carbocycles. The normalized spacial score (nSPS) is 13.8. The van der Waals surface area contributed by atoms with Crippen molar-refractivity contribution in [3.8, 4) is 5.75 Å². The second-order valence-electron chi connectivity index (χ2n) is 4.65. The SMILES string of the molecule is CCN1c2ncc(O)cc2C(=O)N(C)c2ccc(Cl)nc21. The van der Waals surface area contributed by atoms with E-state index in [0.717, 1.165) is 0 Å². The number of hydrogen-bond donors (Lipinski definition) is 1. The number of amides is 1. The minimum absolute atomic E-state index is 0.0523. The molecule has 1 aliphatic rings. The van der Waals surface area contributed by atoms with Gasteiger partial charge in [-0.05, 0) is 25.1 Å². The lowest BCUT2D eigenvalue weighted by atomic mass is 10.2. The molecule has 3 rings (SSSR count). The largest absolute Gasteiger partial charge is 0.506 e. The molecule has 108 valence electrons. The summed E-state index contributed by atoms with van der Waals surface area (Å²) in [6.45, 7) is 2.49. The number of rotatable bonds is 1. The summed E-state index contributed by atoms with van der Waals surface area (Å²) in [7, 11) is 1.66. The Morgan fingerprint density at radius 1 is 1.33 bits per heavy atom. The van der Waals surface area contributed by atoms with Crippen LogP contribution in [0, 0.1) is 0 Å². The number of carbonyl (C=O) groups is 1. The second kappa shape index (κ2) is 4.89. The lowest BCUT2D eigenvalue weighted by Gasteiger charge is -2.22. The first-order chi connectivity index (χ1) is 10.0. The maximum absolute atomic E-state index is 12.6. The predicted octanol–water partition coefficient (Wildman–Crippen LogP) is 2.58. The van der Waals surface area contributed by atoms with Crippen LogP contribution in [-0.4, -0.2) is 34.6 Å². The van der Waals surface area contributed by atoms with Gasteiger partial charge in [0.25, 0.3) is 5.91 Å². The highest BCUT2D eigenvalue weighted by Gasteiger charge is 2.30. The minimum Gasteiger partial charge on any atom is -0.506 e. The summed E-state index contributed by atoms with van der Waals surface area (Å²) in [5.74, 6) is 0.719. The number of carbonyl (C=O) groups excluding carboxylic acids is 1. The van der Waals surface area contributed by atoms with Gasteiger partial charge < -0.3 is 14.9 Å². The lowest BCUT2D eigenvalue weighted by molar-refractivity contribution is 0.0993. The van der Waals surface area contributed by atoms with E-state index in [2.05, 4.69) is 9.97 Å². The highest BCUT2D eigenvalue weighted by atomic mass is 35.5. The molecule has 0 aliphatic carbocycles. The van der Waals surface area contributed by atoms with Crippen LogP contribution in [-0.2, 0) is 0 Å². The summed E-state index contributed by atoms with van der Waals surface area (Å²) < 4.78 is 0. The number of nitrogens with zero attached hydrogens (tertiary/aromatic N) is 4. The van der Waals surface area contributed by atoms with Gasteiger partial charge in [0.2, 0.25) is 0 Å². The number of anilines is 3. The fraction of sp³-hybridized carbons (Fsp3) is 0.214. The smallest absolute Gasteiger partial charge is 0.262 e. The Kier molecular flexibility index (Phi) is 3.17. The number of aromatic nitrogens is 2. The number of hydrogen-bond acceptors (Lipinski definition) is 5. The van der Waals surface area contributed by atoms with E-state index in [-0.39, 0.29) is 11.7 Å². The third-order valence-electron chi connectivity index (χ3n) is 3.40. The van der Waals surface area contributed by atoms with Gasteiger partial charge in [-0.25, -0.2) is 9.97 Å². The van der Waals surface area contributed by atoms with E-state index >= 15 is 0 Å².